The Morgan fingerprint density at radius 1 is 1.32 bits per heavy atom. The lowest BCUT2D eigenvalue weighted by molar-refractivity contribution is -0.129. The van der Waals surface area contributed by atoms with Crippen molar-refractivity contribution in [3.8, 4) is 5.75 Å². The van der Waals surface area contributed by atoms with Crippen molar-refractivity contribution in [3.63, 3.8) is 0 Å². The second kappa shape index (κ2) is 8.17. The maximum atomic E-state index is 12.4. The highest BCUT2D eigenvalue weighted by atomic mass is 32.2. The quantitative estimate of drug-likeness (QED) is 0.771. The van der Waals surface area contributed by atoms with Gasteiger partial charge in [0.1, 0.15) is 11.5 Å². The number of methoxy groups -OCH3 is 1. The van der Waals surface area contributed by atoms with E-state index in [1.165, 1.54) is 31.3 Å². The minimum absolute atomic E-state index is 0.105. The van der Waals surface area contributed by atoms with Crippen molar-refractivity contribution in [1.29, 1.82) is 0 Å². The van der Waals surface area contributed by atoms with Crippen molar-refractivity contribution in [3.05, 3.63) is 47.9 Å². The Hall–Kier alpha value is -2.32. The Kier molecular flexibility index (Phi) is 6.22. The molecule has 136 valence electrons. The van der Waals surface area contributed by atoms with Crippen LogP contribution in [0, 0.1) is 6.92 Å². The molecule has 2 rings (SSSR count). The molecule has 1 heterocycles. The highest BCUT2D eigenvalue weighted by Gasteiger charge is 2.18. The fourth-order valence-electron chi connectivity index (χ4n) is 2.38. The number of benzene rings is 1. The van der Waals surface area contributed by atoms with Crippen molar-refractivity contribution >= 4 is 15.9 Å². The lowest BCUT2D eigenvalue weighted by Crippen LogP contribution is -2.37. The predicted molar refractivity (Wildman–Crippen MR) is 92.7 cm³/mol. The third kappa shape index (κ3) is 5.07. The van der Waals surface area contributed by atoms with E-state index in [1.54, 1.807) is 31.2 Å². The molecule has 0 bridgehead atoms. The summed E-state index contributed by atoms with van der Waals surface area (Å²) in [5, 5.41) is 0. The van der Waals surface area contributed by atoms with E-state index in [4.69, 9.17) is 9.15 Å². The molecule has 0 saturated heterocycles. The molecule has 0 aliphatic carbocycles. The van der Waals surface area contributed by atoms with E-state index in [0.29, 0.717) is 23.6 Å². The number of hydrogen-bond acceptors (Lipinski definition) is 5. The Bertz CT molecular complexity index is 816. The number of ether oxygens (including phenoxy) is 1. The van der Waals surface area contributed by atoms with Gasteiger partial charge in [-0.15, -0.1) is 0 Å². The van der Waals surface area contributed by atoms with Crippen LogP contribution in [-0.2, 0) is 21.4 Å². The normalized spacial score (nSPS) is 11.3. The van der Waals surface area contributed by atoms with Crippen LogP contribution in [-0.4, -0.2) is 39.4 Å². The summed E-state index contributed by atoms with van der Waals surface area (Å²) in [6, 6.07) is 8.26. The van der Waals surface area contributed by atoms with Crippen LogP contribution in [0.4, 0.5) is 0 Å². The molecule has 0 saturated carbocycles. The second-order valence-electron chi connectivity index (χ2n) is 5.55. The van der Waals surface area contributed by atoms with Gasteiger partial charge in [0, 0.05) is 20.0 Å². The summed E-state index contributed by atoms with van der Waals surface area (Å²) < 4.78 is 37.7. The smallest absolute Gasteiger partial charge is 0.240 e. The van der Waals surface area contributed by atoms with Crippen LogP contribution in [0.2, 0.25) is 0 Å². The van der Waals surface area contributed by atoms with Gasteiger partial charge in [-0.1, -0.05) is 0 Å². The van der Waals surface area contributed by atoms with Gasteiger partial charge < -0.3 is 14.1 Å². The van der Waals surface area contributed by atoms with E-state index in [9.17, 15) is 13.2 Å². The van der Waals surface area contributed by atoms with Gasteiger partial charge in [-0.25, -0.2) is 13.1 Å². The molecule has 0 fully saturated rings. The molecule has 8 heteroatoms. The fourth-order valence-corrected chi connectivity index (χ4v) is 3.63. The monoisotopic (exact) mass is 366 g/mol. The first kappa shape index (κ1) is 19.0. The number of nitrogens with one attached hydrogen (secondary N) is 1. The molecular weight excluding hydrogens is 344 g/mol. The van der Waals surface area contributed by atoms with E-state index >= 15 is 0 Å². The van der Waals surface area contributed by atoms with Crippen molar-refractivity contribution < 1.29 is 22.4 Å². The number of hydrogen-bond donors (Lipinski definition) is 1. The molecule has 0 aliphatic rings. The van der Waals surface area contributed by atoms with Crippen molar-refractivity contribution in [2.75, 3.05) is 20.2 Å². The van der Waals surface area contributed by atoms with Crippen LogP contribution in [0.15, 0.2) is 45.9 Å². The summed E-state index contributed by atoms with van der Waals surface area (Å²) in [5.41, 5.74) is 0.589. The Morgan fingerprint density at radius 2 is 2.08 bits per heavy atom. The average Bonchev–Trinajstić information content (AvgIpc) is 3.06. The van der Waals surface area contributed by atoms with Crippen LogP contribution in [0.5, 0.6) is 5.75 Å². The van der Waals surface area contributed by atoms with E-state index in [0.717, 1.165) is 0 Å². The lowest BCUT2D eigenvalue weighted by atomic mass is 10.2. The number of aryl methyl sites for hydroxylation is 1. The molecule has 1 amide bonds. The second-order valence-corrected chi connectivity index (χ2v) is 7.28. The van der Waals surface area contributed by atoms with Gasteiger partial charge in [0.2, 0.25) is 15.9 Å². The number of carbonyl (C=O) groups excluding carboxylic acids is 1. The highest BCUT2D eigenvalue weighted by Crippen LogP contribution is 2.20. The van der Waals surface area contributed by atoms with Gasteiger partial charge in [0.15, 0.2) is 0 Å². The highest BCUT2D eigenvalue weighted by molar-refractivity contribution is 7.89. The molecule has 1 aromatic heterocycles. The summed E-state index contributed by atoms with van der Waals surface area (Å²) >= 11 is 0. The predicted octanol–water partition coefficient (Wildman–Crippen LogP) is 1.92. The first-order valence-electron chi connectivity index (χ1n) is 7.75. The summed E-state index contributed by atoms with van der Waals surface area (Å²) in [5.74, 6) is 1.08. The summed E-state index contributed by atoms with van der Waals surface area (Å²) in [6.07, 6.45) is 1.53. The van der Waals surface area contributed by atoms with E-state index in [1.807, 2.05) is 0 Å². The zero-order chi connectivity index (χ0) is 18.4. The third-order valence-electron chi connectivity index (χ3n) is 3.72. The topological polar surface area (TPSA) is 88.8 Å². The van der Waals surface area contributed by atoms with E-state index in [2.05, 4.69) is 4.72 Å². The number of rotatable bonds is 8. The van der Waals surface area contributed by atoms with Crippen LogP contribution < -0.4 is 9.46 Å². The number of nitrogens with zero attached hydrogens (tertiary/aromatic N) is 1. The number of carbonyl (C=O) groups is 1. The molecule has 7 nitrogen and oxygen atoms in total. The van der Waals surface area contributed by atoms with E-state index in [-0.39, 0.29) is 23.9 Å². The first-order valence-corrected chi connectivity index (χ1v) is 9.24. The zero-order valence-electron chi connectivity index (χ0n) is 14.5. The third-order valence-corrected chi connectivity index (χ3v) is 5.34. The maximum Gasteiger partial charge on any atom is 0.240 e. The summed E-state index contributed by atoms with van der Waals surface area (Å²) in [7, 11) is -2.14. The number of sulfonamides is 1. The summed E-state index contributed by atoms with van der Waals surface area (Å²) in [6.45, 7) is 3.78. The van der Waals surface area contributed by atoms with Crippen LogP contribution in [0.1, 0.15) is 18.2 Å². The molecular formula is C17H22N2O5S. The average molecular weight is 366 g/mol. The molecule has 1 aromatic carbocycles. The SMILES string of the molecule is COc1ccc(S(=O)(=O)NCCN(Cc2ccco2)C(C)=O)c(C)c1. The lowest BCUT2D eigenvalue weighted by Gasteiger charge is -2.20. The minimum atomic E-state index is -3.67. The molecule has 1 N–H and O–H groups in total. The largest absolute Gasteiger partial charge is 0.497 e. The molecule has 0 aliphatic heterocycles. The Balaban J connectivity index is 2.00. The van der Waals surface area contributed by atoms with Crippen molar-refractivity contribution in [2.45, 2.75) is 25.3 Å². The molecule has 0 atom stereocenters. The van der Waals surface area contributed by atoms with Crippen LogP contribution in [0.3, 0.4) is 0 Å². The zero-order valence-corrected chi connectivity index (χ0v) is 15.3. The molecule has 25 heavy (non-hydrogen) atoms. The van der Waals surface area contributed by atoms with Crippen molar-refractivity contribution in [2.24, 2.45) is 0 Å². The van der Waals surface area contributed by atoms with Gasteiger partial charge in [-0.2, -0.15) is 0 Å². The number of amides is 1. The Morgan fingerprint density at radius 3 is 2.64 bits per heavy atom. The van der Waals surface area contributed by atoms with Crippen molar-refractivity contribution in [1.82, 2.24) is 9.62 Å². The molecule has 2 aromatic rings. The molecule has 0 unspecified atom stereocenters. The summed E-state index contributed by atoms with van der Waals surface area (Å²) in [4.78, 5) is 13.4. The molecule has 0 spiro atoms. The standard InChI is InChI=1S/C17H22N2O5S/c1-13-11-15(23-3)6-7-17(13)25(21,22)18-8-9-19(14(2)20)12-16-5-4-10-24-16/h4-7,10-11,18H,8-9,12H2,1-3H3. The molecule has 0 radical (unpaired) electrons. The van der Waals surface area contributed by atoms with Gasteiger partial charge in [-0.05, 0) is 42.8 Å². The van der Waals surface area contributed by atoms with Gasteiger partial charge in [0.25, 0.3) is 0 Å². The van der Waals surface area contributed by atoms with Gasteiger partial charge >= 0.3 is 0 Å². The first-order chi connectivity index (χ1) is 11.8. The van der Waals surface area contributed by atoms with Crippen LogP contribution in [0.25, 0.3) is 0 Å². The number of furan rings is 1. The minimum Gasteiger partial charge on any atom is -0.497 e. The van der Waals surface area contributed by atoms with Gasteiger partial charge in [-0.3, -0.25) is 4.79 Å². The fraction of sp³-hybridized carbons (Fsp3) is 0.353. The maximum absolute atomic E-state index is 12.4. The Labute approximate surface area is 147 Å². The van der Waals surface area contributed by atoms with Gasteiger partial charge in [0.05, 0.1) is 24.8 Å². The van der Waals surface area contributed by atoms with Crippen LogP contribution >= 0.6 is 0 Å². The van der Waals surface area contributed by atoms with E-state index < -0.39 is 10.0 Å².